The minimum atomic E-state index is -0.972. The molecule has 2 aromatic heterocycles. The Labute approximate surface area is 153 Å². The second-order valence-electron chi connectivity index (χ2n) is 5.37. The molecule has 0 unspecified atom stereocenters. The Morgan fingerprint density at radius 1 is 1.40 bits per heavy atom. The van der Waals surface area contributed by atoms with E-state index in [2.05, 4.69) is 4.98 Å². The Morgan fingerprint density at radius 3 is 2.88 bits per heavy atom. The van der Waals surface area contributed by atoms with Crippen LogP contribution in [-0.2, 0) is 9.59 Å². The molecule has 1 N–H and O–H groups in total. The zero-order chi connectivity index (χ0) is 18.0. The van der Waals surface area contributed by atoms with E-state index >= 15 is 0 Å². The third-order valence-corrected chi connectivity index (χ3v) is 4.90. The zero-order valence-electron chi connectivity index (χ0n) is 13.3. The molecule has 1 fully saturated rings. The summed E-state index contributed by atoms with van der Waals surface area (Å²) in [6.45, 7) is 1.97. The molecule has 3 heterocycles. The first kappa shape index (κ1) is 17.4. The van der Waals surface area contributed by atoms with Crippen molar-refractivity contribution in [1.29, 1.82) is 0 Å². The fourth-order valence-corrected chi connectivity index (χ4v) is 3.52. The minimum Gasteiger partial charge on any atom is -0.481 e. The molecular formula is C17H14N2O4S2. The van der Waals surface area contributed by atoms with Crippen LogP contribution in [0.15, 0.2) is 39.8 Å². The number of aliphatic carboxylic acids is 1. The van der Waals surface area contributed by atoms with Gasteiger partial charge in [0.05, 0.1) is 11.3 Å². The number of carbonyl (C=O) groups excluding carboxylic acids is 1. The van der Waals surface area contributed by atoms with Crippen LogP contribution in [0.25, 0.3) is 17.4 Å². The van der Waals surface area contributed by atoms with Gasteiger partial charge in [-0.1, -0.05) is 24.0 Å². The summed E-state index contributed by atoms with van der Waals surface area (Å²) < 4.78 is 6.10. The van der Waals surface area contributed by atoms with Crippen LogP contribution in [0.2, 0.25) is 0 Å². The molecule has 1 aliphatic rings. The number of amides is 1. The van der Waals surface area contributed by atoms with E-state index in [4.69, 9.17) is 21.7 Å². The Kier molecular flexibility index (Phi) is 5.00. The molecule has 1 amide bonds. The number of carboxylic acids is 1. The number of carbonyl (C=O) groups is 2. The quantitative estimate of drug-likeness (QED) is 0.635. The van der Waals surface area contributed by atoms with Gasteiger partial charge in [0.1, 0.15) is 15.8 Å². The molecule has 3 rings (SSSR count). The molecule has 0 spiro atoms. The standard InChI is InChI=1S/C17H14N2O4S2/c1-10-2-3-11(9-18-10)13-5-4-12(23-13)8-14-16(22)19(17(24)25-14)7-6-15(20)21/h2-5,8-9H,6-7H2,1H3,(H,20,21)/b14-8+. The number of thiocarbonyl (C=S) groups is 1. The van der Waals surface area contributed by atoms with Gasteiger partial charge in [-0.15, -0.1) is 0 Å². The molecule has 0 atom stereocenters. The molecule has 1 aliphatic heterocycles. The number of hydrogen-bond donors (Lipinski definition) is 1. The van der Waals surface area contributed by atoms with E-state index in [1.54, 1.807) is 18.3 Å². The monoisotopic (exact) mass is 374 g/mol. The highest BCUT2D eigenvalue weighted by Gasteiger charge is 2.32. The lowest BCUT2D eigenvalue weighted by atomic mass is 10.2. The molecule has 0 radical (unpaired) electrons. The van der Waals surface area contributed by atoms with Gasteiger partial charge in [-0.2, -0.15) is 0 Å². The summed E-state index contributed by atoms with van der Waals surface area (Å²) in [5.41, 5.74) is 1.76. The SMILES string of the molecule is Cc1ccc(-c2ccc(/C=C3/SC(=S)N(CCC(=O)O)C3=O)o2)cn1. The van der Waals surface area contributed by atoms with Crippen LogP contribution in [0.5, 0.6) is 0 Å². The fraction of sp³-hybridized carbons (Fsp3) is 0.176. The fourth-order valence-electron chi connectivity index (χ4n) is 2.23. The predicted octanol–water partition coefficient (Wildman–Crippen LogP) is 3.33. The summed E-state index contributed by atoms with van der Waals surface area (Å²) >= 11 is 6.29. The van der Waals surface area contributed by atoms with E-state index in [1.165, 1.54) is 4.90 Å². The highest BCUT2D eigenvalue weighted by molar-refractivity contribution is 8.26. The number of rotatable bonds is 5. The summed E-state index contributed by atoms with van der Waals surface area (Å²) in [6.07, 6.45) is 3.19. The molecule has 0 aromatic carbocycles. The van der Waals surface area contributed by atoms with Gasteiger partial charge in [0.2, 0.25) is 0 Å². The van der Waals surface area contributed by atoms with E-state index in [-0.39, 0.29) is 18.9 Å². The first-order valence-electron chi connectivity index (χ1n) is 7.44. The third kappa shape index (κ3) is 3.97. The van der Waals surface area contributed by atoms with Crippen molar-refractivity contribution in [2.75, 3.05) is 6.54 Å². The molecule has 8 heteroatoms. The normalized spacial score (nSPS) is 16.0. The van der Waals surface area contributed by atoms with Crippen molar-refractivity contribution in [3.63, 3.8) is 0 Å². The summed E-state index contributed by atoms with van der Waals surface area (Å²) in [4.78, 5) is 29.0. The van der Waals surface area contributed by atoms with Gasteiger partial charge < -0.3 is 9.52 Å². The second kappa shape index (κ2) is 7.20. The Bertz CT molecular complexity index is 871. The van der Waals surface area contributed by atoms with Gasteiger partial charge >= 0.3 is 5.97 Å². The lowest BCUT2D eigenvalue weighted by Crippen LogP contribution is -2.30. The molecular weight excluding hydrogens is 360 g/mol. The average Bonchev–Trinajstić information content (AvgIpc) is 3.12. The van der Waals surface area contributed by atoms with Crippen molar-refractivity contribution in [1.82, 2.24) is 9.88 Å². The van der Waals surface area contributed by atoms with Crippen molar-refractivity contribution in [3.05, 3.63) is 46.8 Å². The van der Waals surface area contributed by atoms with Crippen molar-refractivity contribution in [3.8, 4) is 11.3 Å². The van der Waals surface area contributed by atoms with E-state index < -0.39 is 5.97 Å². The largest absolute Gasteiger partial charge is 0.481 e. The van der Waals surface area contributed by atoms with Gasteiger partial charge in [-0.3, -0.25) is 19.5 Å². The molecule has 25 heavy (non-hydrogen) atoms. The molecule has 1 saturated heterocycles. The number of hydrogen-bond acceptors (Lipinski definition) is 6. The molecule has 2 aromatic rings. The van der Waals surface area contributed by atoms with Crippen LogP contribution in [0.4, 0.5) is 0 Å². The number of aryl methyl sites for hydroxylation is 1. The molecule has 0 aliphatic carbocycles. The second-order valence-corrected chi connectivity index (χ2v) is 7.04. The van der Waals surface area contributed by atoms with Gasteiger partial charge in [-0.05, 0) is 31.2 Å². The maximum Gasteiger partial charge on any atom is 0.305 e. The Hall–Kier alpha value is -2.45. The van der Waals surface area contributed by atoms with Gasteiger partial charge in [0.25, 0.3) is 5.91 Å². The Balaban J connectivity index is 1.77. The van der Waals surface area contributed by atoms with E-state index in [1.807, 2.05) is 25.1 Å². The third-order valence-electron chi connectivity index (χ3n) is 3.52. The number of thioether (sulfide) groups is 1. The first-order chi connectivity index (χ1) is 11.9. The topological polar surface area (TPSA) is 83.6 Å². The number of nitrogens with zero attached hydrogens (tertiary/aromatic N) is 2. The average molecular weight is 374 g/mol. The van der Waals surface area contributed by atoms with E-state index in [0.717, 1.165) is 23.0 Å². The lowest BCUT2D eigenvalue weighted by molar-refractivity contribution is -0.137. The summed E-state index contributed by atoms with van der Waals surface area (Å²) in [6, 6.07) is 7.38. The minimum absolute atomic E-state index is 0.0653. The van der Waals surface area contributed by atoms with Gasteiger partial charge in [-0.25, -0.2) is 0 Å². The van der Waals surface area contributed by atoms with Gasteiger partial charge in [0, 0.05) is 30.1 Å². The summed E-state index contributed by atoms with van der Waals surface area (Å²) in [5.74, 6) is -0.0963. The lowest BCUT2D eigenvalue weighted by Gasteiger charge is -2.12. The van der Waals surface area contributed by atoms with E-state index in [9.17, 15) is 9.59 Å². The molecule has 0 saturated carbocycles. The number of aromatic nitrogens is 1. The smallest absolute Gasteiger partial charge is 0.305 e. The van der Waals surface area contributed by atoms with Crippen LogP contribution in [-0.4, -0.2) is 37.7 Å². The summed E-state index contributed by atoms with van der Waals surface area (Å²) in [5, 5.41) is 8.75. The highest BCUT2D eigenvalue weighted by Crippen LogP contribution is 2.33. The van der Waals surface area contributed by atoms with Crippen LogP contribution >= 0.6 is 24.0 Å². The molecule has 6 nitrogen and oxygen atoms in total. The highest BCUT2D eigenvalue weighted by atomic mass is 32.2. The molecule has 0 bridgehead atoms. The van der Waals surface area contributed by atoms with Crippen molar-refractivity contribution >= 4 is 46.3 Å². The van der Waals surface area contributed by atoms with E-state index in [0.29, 0.717) is 20.7 Å². The van der Waals surface area contributed by atoms with Crippen molar-refractivity contribution in [2.24, 2.45) is 0 Å². The van der Waals surface area contributed by atoms with Crippen LogP contribution < -0.4 is 0 Å². The van der Waals surface area contributed by atoms with Crippen molar-refractivity contribution < 1.29 is 19.1 Å². The molecule has 128 valence electrons. The maximum absolute atomic E-state index is 12.4. The Morgan fingerprint density at radius 2 is 2.20 bits per heavy atom. The van der Waals surface area contributed by atoms with Crippen molar-refractivity contribution in [2.45, 2.75) is 13.3 Å². The van der Waals surface area contributed by atoms with Crippen LogP contribution in [0.3, 0.4) is 0 Å². The number of carboxylic acid groups (broad SMARTS) is 1. The summed E-state index contributed by atoms with van der Waals surface area (Å²) in [7, 11) is 0. The van der Waals surface area contributed by atoms with Gasteiger partial charge in [0.15, 0.2) is 0 Å². The van der Waals surface area contributed by atoms with Crippen LogP contribution in [0.1, 0.15) is 17.9 Å². The number of pyridine rings is 1. The maximum atomic E-state index is 12.4. The zero-order valence-corrected chi connectivity index (χ0v) is 14.9. The van der Waals surface area contributed by atoms with Crippen LogP contribution in [0, 0.1) is 6.92 Å². The number of furan rings is 1. The first-order valence-corrected chi connectivity index (χ1v) is 8.66. The predicted molar refractivity (Wildman–Crippen MR) is 98.8 cm³/mol.